The predicted octanol–water partition coefficient (Wildman–Crippen LogP) is 7.59. The average Bonchev–Trinajstić information content (AvgIpc) is 3.70. The lowest BCUT2D eigenvalue weighted by atomic mass is 10.1. The summed E-state index contributed by atoms with van der Waals surface area (Å²) in [4.78, 5) is 45.1. The summed E-state index contributed by atoms with van der Waals surface area (Å²) in [5, 5.41) is 15.1. The fourth-order valence-corrected chi connectivity index (χ4v) is 3.80. The Kier molecular flexibility index (Phi) is 17.3. The van der Waals surface area contributed by atoms with Gasteiger partial charge in [-0.1, -0.05) is 44.2 Å². The molecule has 1 fully saturated rings. The minimum absolute atomic E-state index is 0.127. The number of carbonyl (C=O) groups excluding carboxylic acids is 3. The molecule has 3 aromatic rings. The van der Waals surface area contributed by atoms with Gasteiger partial charge in [-0.2, -0.15) is 0 Å². The first kappa shape index (κ1) is 38.6. The maximum Gasteiger partial charge on any atom is 0.290 e. The van der Waals surface area contributed by atoms with Crippen molar-refractivity contribution in [3.05, 3.63) is 103 Å². The molecule has 0 aliphatic heterocycles. The fourth-order valence-electron chi connectivity index (χ4n) is 3.80. The highest BCUT2D eigenvalue weighted by molar-refractivity contribution is 6.09. The number of anilines is 3. The van der Waals surface area contributed by atoms with Crippen LogP contribution in [0.25, 0.3) is 0 Å². The van der Waals surface area contributed by atoms with Crippen LogP contribution < -0.4 is 25.4 Å². The Labute approximate surface area is 271 Å². The standard InChI is InChI=1S/C28H29N3O5.C5H10.C2H4.CH2O2/c1-5-16-35-25-23(28(34)30-22-10-6-19(4)7-11-22)14-15-24(26(25)36-18(2)3)31-27(33)20-8-12-21(13-9-20)29-17-32;1-4-3-5(4)2;1-2;2-1-3/h5-15,17-18H,1,16H2,2-4H3,(H,29,32)(H,30,34)(H,31,33);4-5H,3H2,1-2H3;1-2H2;1H,(H,2,3). The first-order valence-corrected chi connectivity index (χ1v) is 14.7. The smallest absolute Gasteiger partial charge is 0.290 e. The second-order valence-corrected chi connectivity index (χ2v) is 10.5. The molecule has 46 heavy (non-hydrogen) atoms. The van der Waals surface area contributed by atoms with E-state index in [4.69, 9.17) is 19.4 Å². The highest BCUT2D eigenvalue weighted by atomic mass is 16.5. The molecule has 1 aliphatic carbocycles. The van der Waals surface area contributed by atoms with E-state index in [9.17, 15) is 14.4 Å². The van der Waals surface area contributed by atoms with E-state index < -0.39 is 5.91 Å². The van der Waals surface area contributed by atoms with Crippen molar-refractivity contribution in [2.45, 2.75) is 47.1 Å². The molecular formula is C36H45N3O7. The van der Waals surface area contributed by atoms with Crippen molar-refractivity contribution in [3.8, 4) is 11.5 Å². The molecule has 3 amide bonds. The van der Waals surface area contributed by atoms with Crippen LogP contribution in [0.4, 0.5) is 17.1 Å². The number of nitrogens with one attached hydrogen (secondary N) is 3. The summed E-state index contributed by atoms with van der Waals surface area (Å²) in [5.74, 6) is 1.74. The highest BCUT2D eigenvalue weighted by Gasteiger charge is 2.26. The fraction of sp³-hybridized carbons (Fsp3) is 0.278. The average molecular weight is 632 g/mol. The molecule has 246 valence electrons. The van der Waals surface area contributed by atoms with Gasteiger partial charge in [0.1, 0.15) is 6.61 Å². The molecule has 0 radical (unpaired) electrons. The molecule has 1 aliphatic rings. The van der Waals surface area contributed by atoms with E-state index >= 15 is 0 Å². The lowest BCUT2D eigenvalue weighted by Crippen LogP contribution is -2.18. The van der Waals surface area contributed by atoms with Crippen LogP contribution in [0.3, 0.4) is 0 Å². The lowest BCUT2D eigenvalue weighted by molar-refractivity contribution is -0.122. The summed E-state index contributed by atoms with van der Waals surface area (Å²) in [7, 11) is 0. The summed E-state index contributed by atoms with van der Waals surface area (Å²) >= 11 is 0. The highest BCUT2D eigenvalue weighted by Crippen LogP contribution is 2.40. The third-order valence-corrected chi connectivity index (χ3v) is 6.50. The maximum absolute atomic E-state index is 13.2. The Morgan fingerprint density at radius 3 is 1.91 bits per heavy atom. The van der Waals surface area contributed by atoms with Crippen LogP contribution in [0.2, 0.25) is 0 Å². The largest absolute Gasteiger partial charge is 0.485 e. The summed E-state index contributed by atoms with van der Waals surface area (Å²) in [6, 6.07) is 17.0. The molecule has 0 spiro atoms. The normalized spacial score (nSPS) is 13.8. The van der Waals surface area contributed by atoms with Crippen LogP contribution in [0.1, 0.15) is 60.4 Å². The quantitative estimate of drug-likeness (QED) is 0.126. The van der Waals surface area contributed by atoms with Gasteiger partial charge in [0, 0.05) is 16.9 Å². The molecular weight excluding hydrogens is 586 g/mol. The van der Waals surface area contributed by atoms with Gasteiger partial charge < -0.3 is 30.5 Å². The van der Waals surface area contributed by atoms with Gasteiger partial charge in [0.2, 0.25) is 6.41 Å². The topological polar surface area (TPSA) is 143 Å². The van der Waals surface area contributed by atoms with Crippen LogP contribution >= 0.6 is 0 Å². The SMILES string of the molecule is C=C.C=CCOc1c(C(=O)Nc2ccc(C)cc2)ccc(NC(=O)c2ccc(NC=O)cc2)c1OC(C)C.CC1CC1C.O=CO. The van der Waals surface area contributed by atoms with E-state index in [0.717, 1.165) is 17.4 Å². The van der Waals surface area contributed by atoms with Crippen LogP contribution in [-0.4, -0.2) is 42.5 Å². The summed E-state index contributed by atoms with van der Waals surface area (Å²) in [5.41, 5.74) is 3.23. The van der Waals surface area contributed by atoms with E-state index in [-0.39, 0.29) is 42.2 Å². The van der Waals surface area contributed by atoms with E-state index in [1.165, 1.54) is 6.42 Å². The maximum atomic E-state index is 13.2. The predicted molar refractivity (Wildman–Crippen MR) is 184 cm³/mol. The van der Waals surface area contributed by atoms with E-state index in [2.05, 4.69) is 49.5 Å². The van der Waals surface area contributed by atoms with Crippen LogP contribution in [-0.2, 0) is 9.59 Å². The van der Waals surface area contributed by atoms with E-state index in [1.807, 2.05) is 45.0 Å². The van der Waals surface area contributed by atoms with Crippen molar-refractivity contribution in [2.24, 2.45) is 11.8 Å². The van der Waals surface area contributed by atoms with Gasteiger partial charge in [-0.15, -0.1) is 13.2 Å². The minimum Gasteiger partial charge on any atom is -0.485 e. The second kappa shape index (κ2) is 20.6. The third-order valence-electron chi connectivity index (χ3n) is 6.50. The molecule has 0 bridgehead atoms. The summed E-state index contributed by atoms with van der Waals surface area (Å²) in [6.07, 6.45) is 3.32. The Morgan fingerprint density at radius 2 is 1.43 bits per heavy atom. The second-order valence-electron chi connectivity index (χ2n) is 10.5. The zero-order valence-electron chi connectivity index (χ0n) is 27.2. The Bertz CT molecular complexity index is 1410. The van der Waals surface area contributed by atoms with Gasteiger partial charge in [0.25, 0.3) is 18.3 Å². The van der Waals surface area contributed by atoms with Gasteiger partial charge in [0.15, 0.2) is 11.5 Å². The molecule has 0 heterocycles. The van der Waals surface area contributed by atoms with Gasteiger partial charge >= 0.3 is 0 Å². The molecule has 4 N–H and O–H groups in total. The first-order valence-electron chi connectivity index (χ1n) is 14.7. The molecule has 2 atom stereocenters. The summed E-state index contributed by atoms with van der Waals surface area (Å²) in [6.45, 7) is 19.8. The third kappa shape index (κ3) is 13.1. The van der Waals surface area contributed by atoms with Crippen molar-refractivity contribution in [2.75, 3.05) is 22.6 Å². The molecule has 10 nitrogen and oxygen atoms in total. The molecule has 10 heteroatoms. The van der Waals surface area contributed by atoms with E-state index in [0.29, 0.717) is 29.0 Å². The van der Waals surface area contributed by atoms with Crippen molar-refractivity contribution in [1.29, 1.82) is 0 Å². The zero-order chi connectivity index (χ0) is 34.6. The van der Waals surface area contributed by atoms with Gasteiger partial charge in [-0.25, -0.2) is 0 Å². The number of carboxylic acid groups (broad SMARTS) is 1. The van der Waals surface area contributed by atoms with Crippen molar-refractivity contribution in [3.63, 3.8) is 0 Å². The zero-order valence-corrected chi connectivity index (χ0v) is 27.2. The molecule has 1 saturated carbocycles. The number of benzene rings is 3. The van der Waals surface area contributed by atoms with Crippen molar-refractivity contribution < 1.29 is 33.8 Å². The monoisotopic (exact) mass is 631 g/mol. The Morgan fingerprint density at radius 1 is 0.891 bits per heavy atom. The van der Waals surface area contributed by atoms with Crippen molar-refractivity contribution >= 4 is 41.8 Å². The van der Waals surface area contributed by atoms with E-state index in [1.54, 1.807) is 42.5 Å². The van der Waals surface area contributed by atoms with Crippen molar-refractivity contribution in [1.82, 2.24) is 0 Å². The van der Waals surface area contributed by atoms with Crippen LogP contribution in [0.15, 0.2) is 86.5 Å². The first-order chi connectivity index (χ1) is 22.0. The molecule has 0 saturated heterocycles. The van der Waals surface area contributed by atoms with Gasteiger partial charge in [-0.3, -0.25) is 19.2 Å². The molecule has 2 unspecified atom stereocenters. The number of hydrogen-bond donors (Lipinski definition) is 4. The van der Waals surface area contributed by atoms with Crippen LogP contribution in [0, 0.1) is 18.8 Å². The molecule has 0 aromatic heterocycles. The van der Waals surface area contributed by atoms with Crippen LogP contribution in [0.5, 0.6) is 11.5 Å². The van der Waals surface area contributed by atoms with Gasteiger partial charge in [0.05, 0.1) is 17.4 Å². The Hall–Kier alpha value is -5.38. The number of rotatable bonds is 11. The summed E-state index contributed by atoms with van der Waals surface area (Å²) < 4.78 is 11.9. The molecule has 3 aromatic carbocycles. The van der Waals surface area contributed by atoms with Gasteiger partial charge in [-0.05, 0) is 87.6 Å². The molecule has 4 rings (SSSR count). The number of aryl methyl sites for hydroxylation is 1. The number of ether oxygens (including phenoxy) is 2. The number of amides is 3. The minimum atomic E-state index is -0.396. The number of hydrogen-bond acceptors (Lipinski definition) is 6. The Balaban J connectivity index is 0.000000918. The number of carbonyl (C=O) groups is 4. The lowest BCUT2D eigenvalue weighted by Gasteiger charge is -2.21.